The van der Waals surface area contributed by atoms with Gasteiger partial charge in [-0.25, -0.2) is 9.67 Å². The van der Waals surface area contributed by atoms with Crippen molar-refractivity contribution >= 4 is 45.0 Å². The number of hydrogen-bond donors (Lipinski definition) is 2. The van der Waals surface area contributed by atoms with Crippen molar-refractivity contribution in [2.24, 2.45) is 0 Å². The molecule has 1 aromatic carbocycles. The zero-order chi connectivity index (χ0) is 18.1. The quantitative estimate of drug-likeness (QED) is 0.689. The number of ether oxygens (including phenoxy) is 1. The van der Waals surface area contributed by atoms with Crippen LogP contribution in [0.1, 0.15) is 35.1 Å². The fourth-order valence-corrected chi connectivity index (χ4v) is 4.08. The van der Waals surface area contributed by atoms with Gasteiger partial charge < -0.3 is 10.1 Å². The van der Waals surface area contributed by atoms with Crippen LogP contribution in [-0.4, -0.2) is 46.1 Å². The zero-order valence-electron chi connectivity index (χ0n) is 15.1. The Balaban J connectivity index is 0.00000210. The number of nitrogens with zero attached hydrogens (tertiary/aromatic N) is 4. The zero-order valence-corrected chi connectivity index (χ0v) is 16.7. The van der Waals surface area contributed by atoms with E-state index in [1.807, 2.05) is 29.8 Å². The van der Waals surface area contributed by atoms with Crippen LogP contribution in [0.4, 0.5) is 5.13 Å². The van der Waals surface area contributed by atoms with Crippen molar-refractivity contribution < 1.29 is 9.53 Å². The van der Waals surface area contributed by atoms with E-state index in [4.69, 9.17) is 4.74 Å². The number of halogens is 1. The number of amides is 1. The minimum atomic E-state index is -0.284. The molecule has 1 fully saturated rings. The predicted molar refractivity (Wildman–Crippen MR) is 107 cm³/mol. The van der Waals surface area contributed by atoms with Gasteiger partial charge in [-0.3, -0.25) is 10.1 Å². The van der Waals surface area contributed by atoms with E-state index in [0.717, 1.165) is 47.6 Å². The van der Waals surface area contributed by atoms with E-state index in [0.29, 0.717) is 16.9 Å². The molecule has 10 heteroatoms. The summed E-state index contributed by atoms with van der Waals surface area (Å²) < 4.78 is 8.05. The fourth-order valence-electron chi connectivity index (χ4n) is 3.19. The largest absolute Gasteiger partial charge is 0.497 e. The van der Waals surface area contributed by atoms with Gasteiger partial charge in [0.15, 0.2) is 10.8 Å². The molecule has 1 amide bonds. The Bertz CT molecular complexity index is 950. The first-order chi connectivity index (χ1) is 12.7. The monoisotopic (exact) mass is 408 g/mol. The Hall–Kier alpha value is -2.23. The first kappa shape index (κ1) is 19.5. The molecular weight excluding hydrogens is 388 g/mol. The third-order valence-electron chi connectivity index (χ3n) is 4.61. The summed E-state index contributed by atoms with van der Waals surface area (Å²) in [5.41, 5.74) is 1.96. The van der Waals surface area contributed by atoms with Crippen LogP contribution in [0.15, 0.2) is 18.2 Å². The molecule has 144 valence electrons. The molecule has 0 radical (unpaired) electrons. The van der Waals surface area contributed by atoms with Gasteiger partial charge in [0.05, 0.1) is 29.1 Å². The molecule has 0 atom stereocenters. The molecule has 4 rings (SSSR count). The van der Waals surface area contributed by atoms with Gasteiger partial charge in [0, 0.05) is 0 Å². The number of rotatable bonds is 4. The molecule has 0 spiro atoms. The smallest absolute Gasteiger partial charge is 0.279 e. The van der Waals surface area contributed by atoms with Crippen molar-refractivity contribution in [2.45, 2.75) is 25.8 Å². The maximum absolute atomic E-state index is 12.6. The van der Waals surface area contributed by atoms with Crippen molar-refractivity contribution in [3.8, 4) is 5.75 Å². The molecule has 0 aliphatic carbocycles. The van der Waals surface area contributed by atoms with Crippen LogP contribution in [0, 0.1) is 6.92 Å². The molecule has 0 bridgehead atoms. The van der Waals surface area contributed by atoms with Crippen LogP contribution in [-0.2, 0) is 0 Å². The lowest BCUT2D eigenvalue weighted by molar-refractivity contribution is 0.102. The second-order valence-electron chi connectivity index (χ2n) is 6.26. The predicted octanol–water partition coefficient (Wildman–Crippen LogP) is 2.80. The van der Waals surface area contributed by atoms with Crippen LogP contribution in [0.25, 0.3) is 10.2 Å². The van der Waals surface area contributed by atoms with E-state index in [9.17, 15) is 4.79 Å². The number of carbonyl (C=O) groups excluding carboxylic acids is 1. The van der Waals surface area contributed by atoms with Gasteiger partial charge in [-0.1, -0.05) is 16.6 Å². The second-order valence-corrected chi connectivity index (χ2v) is 7.29. The normalized spacial score (nSPS) is 14.7. The van der Waals surface area contributed by atoms with E-state index in [1.54, 1.807) is 7.11 Å². The number of hydrogen-bond acceptors (Lipinski definition) is 7. The van der Waals surface area contributed by atoms with Crippen molar-refractivity contribution in [2.75, 3.05) is 25.5 Å². The minimum absolute atomic E-state index is 0. The van der Waals surface area contributed by atoms with Crippen molar-refractivity contribution in [3.05, 3.63) is 29.6 Å². The third-order valence-corrected chi connectivity index (χ3v) is 5.55. The number of fused-ring (bicyclic) bond motifs is 1. The molecular formula is C17H21ClN6O2S. The van der Waals surface area contributed by atoms with Crippen molar-refractivity contribution in [1.29, 1.82) is 0 Å². The van der Waals surface area contributed by atoms with Crippen LogP contribution in [0.2, 0.25) is 0 Å². The number of nitrogens with one attached hydrogen (secondary N) is 2. The van der Waals surface area contributed by atoms with E-state index >= 15 is 0 Å². The van der Waals surface area contributed by atoms with Gasteiger partial charge in [0.25, 0.3) is 5.91 Å². The minimum Gasteiger partial charge on any atom is -0.497 e. The average molecular weight is 409 g/mol. The molecule has 2 aromatic heterocycles. The first-order valence-electron chi connectivity index (χ1n) is 8.54. The highest BCUT2D eigenvalue weighted by Crippen LogP contribution is 2.29. The summed E-state index contributed by atoms with van der Waals surface area (Å²) in [4.78, 5) is 17.1. The number of carbonyl (C=O) groups is 1. The van der Waals surface area contributed by atoms with E-state index in [-0.39, 0.29) is 18.3 Å². The average Bonchev–Trinajstić information content (AvgIpc) is 3.24. The Kier molecular flexibility index (Phi) is 5.93. The lowest BCUT2D eigenvalue weighted by Crippen LogP contribution is -2.30. The summed E-state index contributed by atoms with van der Waals surface area (Å²) in [6.45, 7) is 3.81. The Morgan fingerprint density at radius 3 is 2.89 bits per heavy atom. The maximum Gasteiger partial charge on any atom is 0.279 e. The molecule has 2 N–H and O–H groups in total. The summed E-state index contributed by atoms with van der Waals surface area (Å²) in [6.07, 6.45) is 1.98. The lowest BCUT2D eigenvalue weighted by Gasteiger charge is -2.23. The van der Waals surface area contributed by atoms with Gasteiger partial charge in [-0.05, 0) is 51.1 Å². The molecule has 1 aliphatic rings. The first-order valence-corrected chi connectivity index (χ1v) is 9.36. The summed E-state index contributed by atoms with van der Waals surface area (Å²) in [6, 6.07) is 5.92. The van der Waals surface area contributed by atoms with Crippen molar-refractivity contribution in [1.82, 2.24) is 25.3 Å². The standard InChI is InChI=1S/C17H20N6O2S.ClH/c1-10-15(21-22-23(10)11-5-7-18-8-6-11)16(24)20-17-19-13-4-3-12(25-2)9-14(13)26-17;/h3-4,9,11,18H,5-8H2,1-2H3,(H,19,20,24);1H. The lowest BCUT2D eigenvalue weighted by atomic mass is 10.1. The summed E-state index contributed by atoms with van der Waals surface area (Å²) >= 11 is 1.40. The van der Waals surface area contributed by atoms with Gasteiger partial charge >= 0.3 is 0 Å². The number of thiazole rings is 1. The van der Waals surface area contributed by atoms with Crippen molar-refractivity contribution in [3.63, 3.8) is 0 Å². The molecule has 3 aromatic rings. The molecule has 0 saturated carbocycles. The molecule has 3 heterocycles. The van der Waals surface area contributed by atoms with Crippen LogP contribution < -0.4 is 15.4 Å². The summed E-state index contributed by atoms with van der Waals surface area (Å²) in [5.74, 6) is 0.480. The number of piperidine rings is 1. The Labute approximate surface area is 166 Å². The van der Waals surface area contributed by atoms with Gasteiger partial charge in [-0.2, -0.15) is 0 Å². The van der Waals surface area contributed by atoms with E-state index < -0.39 is 0 Å². The SMILES string of the molecule is COc1ccc2nc(NC(=O)c3nnn(C4CCNCC4)c3C)sc2c1.Cl. The molecule has 0 unspecified atom stereocenters. The summed E-state index contributed by atoms with van der Waals surface area (Å²) in [5, 5.41) is 15.0. The molecule has 27 heavy (non-hydrogen) atoms. The van der Waals surface area contributed by atoms with Crippen LogP contribution in [0.5, 0.6) is 5.75 Å². The van der Waals surface area contributed by atoms with Crippen LogP contribution in [0.3, 0.4) is 0 Å². The Morgan fingerprint density at radius 1 is 1.37 bits per heavy atom. The molecule has 8 nitrogen and oxygen atoms in total. The van der Waals surface area contributed by atoms with E-state index in [1.165, 1.54) is 11.3 Å². The highest BCUT2D eigenvalue weighted by Gasteiger charge is 2.23. The molecule has 1 saturated heterocycles. The third kappa shape index (κ3) is 3.90. The highest BCUT2D eigenvalue weighted by molar-refractivity contribution is 7.22. The number of aromatic nitrogens is 4. The highest BCUT2D eigenvalue weighted by atomic mass is 35.5. The number of methoxy groups -OCH3 is 1. The fraction of sp³-hybridized carbons (Fsp3) is 0.412. The second kappa shape index (κ2) is 8.20. The van der Waals surface area contributed by atoms with E-state index in [2.05, 4.69) is 25.9 Å². The topological polar surface area (TPSA) is 94.0 Å². The molecule has 1 aliphatic heterocycles. The maximum atomic E-state index is 12.6. The van der Waals surface area contributed by atoms with Gasteiger partial charge in [0.1, 0.15) is 5.75 Å². The Morgan fingerprint density at radius 2 is 2.15 bits per heavy atom. The van der Waals surface area contributed by atoms with Crippen LogP contribution >= 0.6 is 23.7 Å². The summed E-state index contributed by atoms with van der Waals surface area (Å²) in [7, 11) is 1.62. The number of anilines is 1. The van der Waals surface area contributed by atoms with Gasteiger partial charge in [0.2, 0.25) is 0 Å². The van der Waals surface area contributed by atoms with Gasteiger partial charge in [-0.15, -0.1) is 17.5 Å². The number of benzene rings is 1.